The van der Waals surface area contributed by atoms with Crippen molar-refractivity contribution in [2.24, 2.45) is 4.99 Å². The molecule has 56 heavy (non-hydrogen) atoms. The number of ether oxygens (including phenoxy) is 5. The second-order valence-electron chi connectivity index (χ2n) is 16.5. The second kappa shape index (κ2) is 17.6. The van der Waals surface area contributed by atoms with Crippen LogP contribution >= 0.6 is 0 Å². The Balaban J connectivity index is 1.77. The van der Waals surface area contributed by atoms with Gasteiger partial charge in [0.2, 0.25) is 11.9 Å². The van der Waals surface area contributed by atoms with Crippen molar-refractivity contribution in [3.8, 4) is 5.75 Å². The highest BCUT2D eigenvalue weighted by atomic mass is 16.6. The summed E-state index contributed by atoms with van der Waals surface area (Å²) in [5.74, 6) is -3.15. The van der Waals surface area contributed by atoms with Crippen LogP contribution in [0.15, 0.2) is 47.7 Å². The third-order valence-corrected chi connectivity index (χ3v) is 6.41. The molecule has 0 spiro atoms. The summed E-state index contributed by atoms with van der Waals surface area (Å²) in [4.78, 5) is 85.2. The lowest BCUT2D eigenvalue weighted by Gasteiger charge is -2.25. The molecule has 304 valence electrons. The fraction of sp³-hybridized carbons (Fsp3) is 0.500. The van der Waals surface area contributed by atoms with E-state index >= 15 is 0 Å². The van der Waals surface area contributed by atoms with E-state index in [0.717, 1.165) is 0 Å². The first kappa shape index (κ1) is 44.3. The molecule has 0 aliphatic heterocycles. The number of guanidine groups is 1. The van der Waals surface area contributed by atoms with Crippen LogP contribution in [0.3, 0.4) is 0 Å². The van der Waals surface area contributed by atoms with Crippen LogP contribution in [0.2, 0.25) is 0 Å². The zero-order valence-corrected chi connectivity index (χ0v) is 33.8. The molecule has 3 rings (SSSR count). The molecule has 18 nitrogen and oxygen atoms in total. The van der Waals surface area contributed by atoms with Crippen LogP contribution in [0.4, 0.5) is 15.3 Å². The normalized spacial score (nSPS) is 12.4. The standard InChI is InChI=1S/C38H51N7O11/c1-35(2,3)53-28(47)20-25(31(49)54-36(4,5)6)42-27(46)19-24-17-18-26(29-39-21-40-45(24)29)52-30(48)22-13-15-23(16-14-22)41-32(43-33(50)55-37(7,8)9)44-34(51)56-38(10,11)12/h13-18,21,25H,19-20H2,1-12H3,(H,42,46)(H2,41,43,44,50,51). The van der Waals surface area contributed by atoms with Gasteiger partial charge in [-0.3, -0.25) is 20.2 Å². The Bertz CT molecular complexity index is 1930. The van der Waals surface area contributed by atoms with Crippen molar-refractivity contribution in [3.05, 3.63) is 54.0 Å². The van der Waals surface area contributed by atoms with E-state index in [2.05, 4.69) is 31.0 Å². The quantitative estimate of drug-likeness (QED) is 0.111. The van der Waals surface area contributed by atoms with Crippen molar-refractivity contribution >= 4 is 53.3 Å². The number of hydrogen-bond donors (Lipinski definition) is 3. The van der Waals surface area contributed by atoms with Gasteiger partial charge in [0.1, 0.15) is 34.8 Å². The first-order chi connectivity index (χ1) is 25.7. The molecule has 18 heteroatoms. The van der Waals surface area contributed by atoms with Crippen LogP contribution in [0.5, 0.6) is 5.75 Å². The molecule has 0 aliphatic carbocycles. The Morgan fingerprint density at radius 2 is 1.25 bits per heavy atom. The number of fused-ring (bicyclic) bond motifs is 1. The summed E-state index contributed by atoms with van der Waals surface area (Å²) < 4.78 is 28.2. The molecule has 3 N–H and O–H groups in total. The third kappa shape index (κ3) is 15.3. The summed E-state index contributed by atoms with van der Waals surface area (Å²) in [7, 11) is 0. The topological polar surface area (TPSA) is 227 Å². The molecule has 1 aromatic carbocycles. The van der Waals surface area contributed by atoms with Gasteiger partial charge in [0.15, 0.2) is 11.4 Å². The number of alkyl carbamates (subject to hydrolysis) is 2. The number of rotatable bonds is 9. The number of nitrogens with zero attached hydrogens (tertiary/aromatic N) is 4. The van der Waals surface area contributed by atoms with Gasteiger partial charge >= 0.3 is 30.1 Å². The number of hydrogen-bond acceptors (Lipinski definition) is 14. The summed E-state index contributed by atoms with van der Waals surface area (Å²) in [5.41, 5.74) is -2.54. The van der Waals surface area contributed by atoms with Crippen molar-refractivity contribution in [1.29, 1.82) is 0 Å². The van der Waals surface area contributed by atoms with Gasteiger partial charge in [-0.05, 0) is 119 Å². The fourth-order valence-corrected chi connectivity index (χ4v) is 4.52. The van der Waals surface area contributed by atoms with Gasteiger partial charge in [0.25, 0.3) is 0 Å². The molecule has 0 fully saturated rings. The van der Waals surface area contributed by atoms with E-state index in [1.54, 1.807) is 83.1 Å². The Labute approximate surface area is 325 Å². The minimum absolute atomic E-state index is 0.0284. The van der Waals surface area contributed by atoms with Crippen LogP contribution in [0.1, 0.15) is 106 Å². The van der Waals surface area contributed by atoms with Gasteiger partial charge in [-0.1, -0.05) is 0 Å². The third-order valence-electron chi connectivity index (χ3n) is 6.41. The molecule has 0 radical (unpaired) electrons. The van der Waals surface area contributed by atoms with Crippen molar-refractivity contribution in [2.45, 2.75) is 124 Å². The molecule has 0 saturated carbocycles. The number of carbonyl (C=O) groups is 6. The lowest BCUT2D eigenvalue weighted by molar-refractivity contribution is -0.165. The van der Waals surface area contributed by atoms with Crippen molar-refractivity contribution in [2.75, 3.05) is 0 Å². The molecule has 1 atom stereocenters. The van der Waals surface area contributed by atoms with E-state index in [1.807, 2.05) is 0 Å². The van der Waals surface area contributed by atoms with E-state index in [9.17, 15) is 28.8 Å². The van der Waals surface area contributed by atoms with Gasteiger partial charge in [-0.2, -0.15) is 5.10 Å². The fourth-order valence-electron chi connectivity index (χ4n) is 4.52. The predicted octanol–water partition coefficient (Wildman–Crippen LogP) is 5.09. The zero-order chi connectivity index (χ0) is 42.2. The van der Waals surface area contributed by atoms with E-state index < -0.39 is 70.9 Å². The van der Waals surface area contributed by atoms with Gasteiger partial charge in [-0.15, -0.1) is 0 Å². The van der Waals surface area contributed by atoms with Crippen molar-refractivity contribution in [1.82, 2.24) is 30.5 Å². The Morgan fingerprint density at radius 1 is 0.714 bits per heavy atom. The van der Waals surface area contributed by atoms with Crippen molar-refractivity contribution < 1.29 is 52.5 Å². The van der Waals surface area contributed by atoms with E-state index in [0.29, 0.717) is 5.69 Å². The van der Waals surface area contributed by atoms with Crippen LogP contribution in [0, 0.1) is 0 Å². The van der Waals surface area contributed by atoms with Gasteiger partial charge in [0.05, 0.1) is 29.8 Å². The minimum atomic E-state index is -1.32. The van der Waals surface area contributed by atoms with Gasteiger partial charge < -0.3 is 29.0 Å². The lowest BCUT2D eigenvalue weighted by atomic mass is 10.1. The monoisotopic (exact) mass is 781 g/mol. The molecule has 3 amide bonds. The Hall–Kier alpha value is -6.07. The lowest BCUT2D eigenvalue weighted by Crippen LogP contribution is -2.47. The number of esters is 3. The molecule has 2 aromatic heterocycles. The molecule has 3 aromatic rings. The molecular weight excluding hydrogens is 730 g/mol. The van der Waals surface area contributed by atoms with Crippen LogP contribution < -0.4 is 20.7 Å². The Morgan fingerprint density at radius 3 is 1.77 bits per heavy atom. The largest absolute Gasteiger partial charge is 0.460 e. The van der Waals surface area contributed by atoms with E-state index in [1.165, 1.54) is 47.2 Å². The molecule has 0 aliphatic rings. The number of aromatic nitrogens is 3. The number of amides is 3. The average molecular weight is 782 g/mol. The first-order valence-corrected chi connectivity index (χ1v) is 17.6. The highest BCUT2D eigenvalue weighted by Crippen LogP contribution is 2.22. The molecule has 2 heterocycles. The summed E-state index contributed by atoms with van der Waals surface area (Å²) in [6, 6.07) is 7.34. The molecule has 0 bridgehead atoms. The van der Waals surface area contributed by atoms with E-state index in [-0.39, 0.29) is 35.0 Å². The second-order valence-corrected chi connectivity index (χ2v) is 16.5. The number of aliphatic imine (C=N–C) groups is 1. The summed E-state index contributed by atoms with van der Waals surface area (Å²) in [5, 5.41) is 11.5. The number of carbonyl (C=O) groups excluding carboxylic acids is 6. The number of pyridine rings is 1. The maximum Gasteiger partial charge on any atom is 0.414 e. The minimum Gasteiger partial charge on any atom is -0.460 e. The molecule has 0 saturated heterocycles. The van der Waals surface area contributed by atoms with Gasteiger partial charge in [0, 0.05) is 0 Å². The zero-order valence-electron chi connectivity index (χ0n) is 33.8. The SMILES string of the molecule is CC(C)(C)OC(=O)CC(NC(=O)Cc1ccc(OC(=O)c2ccc(N=C(NC(=O)OC(C)(C)C)NC(=O)OC(C)(C)C)cc2)c2ncnn12)C(=O)OC(C)(C)C. The molecule has 1 unspecified atom stereocenters. The highest BCUT2D eigenvalue weighted by Gasteiger charge is 2.31. The predicted molar refractivity (Wildman–Crippen MR) is 202 cm³/mol. The van der Waals surface area contributed by atoms with Crippen LogP contribution in [-0.2, 0) is 39.8 Å². The summed E-state index contributed by atoms with van der Waals surface area (Å²) >= 11 is 0. The summed E-state index contributed by atoms with van der Waals surface area (Å²) in [6.07, 6.45) is -1.28. The van der Waals surface area contributed by atoms with Crippen LogP contribution in [-0.4, -0.2) is 85.0 Å². The van der Waals surface area contributed by atoms with Gasteiger partial charge in [-0.25, -0.2) is 33.7 Å². The summed E-state index contributed by atoms with van der Waals surface area (Å²) in [6.45, 7) is 20.1. The number of benzene rings is 1. The Kier molecular flexibility index (Phi) is 13.9. The molecular formula is C38H51N7O11. The highest BCUT2D eigenvalue weighted by molar-refractivity contribution is 6.02. The number of nitrogens with one attached hydrogen (secondary N) is 3. The first-order valence-electron chi connectivity index (χ1n) is 17.6. The van der Waals surface area contributed by atoms with Crippen LogP contribution in [0.25, 0.3) is 5.65 Å². The maximum absolute atomic E-state index is 13.2. The van der Waals surface area contributed by atoms with E-state index in [4.69, 9.17) is 23.7 Å². The smallest absolute Gasteiger partial charge is 0.414 e. The maximum atomic E-state index is 13.2. The van der Waals surface area contributed by atoms with Crippen molar-refractivity contribution in [3.63, 3.8) is 0 Å². The average Bonchev–Trinajstić information content (AvgIpc) is 3.49.